The second-order valence-corrected chi connectivity index (χ2v) is 17.8. The van der Waals surface area contributed by atoms with Crippen molar-refractivity contribution in [3.8, 4) is 5.75 Å². The number of nitrogens with two attached hydrogens (primary N) is 1. The van der Waals surface area contributed by atoms with Gasteiger partial charge in [0.05, 0.1) is 33.5 Å². The molecule has 4 aromatic rings. The summed E-state index contributed by atoms with van der Waals surface area (Å²) in [5.74, 6) is -1.95. The molecule has 272 valence electrons. The number of hydrogen-bond donors (Lipinski definition) is 5. The number of aromatic hydroxyl groups is 1. The van der Waals surface area contributed by atoms with Crippen molar-refractivity contribution in [2.45, 2.75) is 19.6 Å². The standard InChI is InChI=1S/C26H23N5O15S5/c1-2-47(33,34)17-5-3-4-16(12-17)28-31-25-24(50(40,41)42)14-19-20(26(25)32)10-15(27)11-22(19)30-29-21-7-6-18(13-23(21)49(37,38)39)48(35,36)9-8-46-51(43,44)45/h2-7,10-14,32H,1,8-9,27H2,(H,37,38,39)(H,40,41,42)(H,43,44,45). The Kier molecular flexibility index (Phi) is 10.8. The maximum absolute atomic E-state index is 12.6. The van der Waals surface area contributed by atoms with Crippen molar-refractivity contribution >= 4 is 89.5 Å². The zero-order valence-corrected chi connectivity index (χ0v) is 29.2. The molecule has 0 spiro atoms. The fourth-order valence-electron chi connectivity index (χ4n) is 4.21. The second-order valence-electron chi connectivity index (χ2n) is 9.96. The van der Waals surface area contributed by atoms with E-state index in [1.165, 1.54) is 18.2 Å². The molecule has 0 aliphatic rings. The van der Waals surface area contributed by atoms with E-state index in [-0.39, 0.29) is 32.7 Å². The smallest absolute Gasteiger partial charge is 0.397 e. The molecular weight excluding hydrogens is 783 g/mol. The van der Waals surface area contributed by atoms with Crippen LogP contribution in [0.25, 0.3) is 10.8 Å². The summed E-state index contributed by atoms with van der Waals surface area (Å²) in [6.45, 7) is 2.18. The number of nitrogens with zero attached hydrogens (tertiary/aromatic N) is 4. The molecule has 0 amide bonds. The van der Waals surface area contributed by atoms with E-state index in [2.05, 4.69) is 31.2 Å². The van der Waals surface area contributed by atoms with Gasteiger partial charge < -0.3 is 10.8 Å². The van der Waals surface area contributed by atoms with E-state index in [9.17, 15) is 56.3 Å². The van der Waals surface area contributed by atoms with Crippen molar-refractivity contribution in [2.24, 2.45) is 20.5 Å². The van der Waals surface area contributed by atoms with Gasteiger partial charge in [-0.05, 0) is 54.6 Å². The van der Waals surface area contributed by atoms with Crippen molar-refractivity contribution in [1.82, 2.24) is 0 Å². The van der Waals surface area contributed by atoms with Crippen molar-refractivity contribution in [1.29, 1.82) is 0 Å². The Hall–Kier alpha value is -4.73. The van der Waals surface area contributed by atoms with Gasteiger partial charge in [0.25, 0.3) is 20.2 Å². The van der Waals surface area contributed by atoms with Crippen molar-refractivity contribution in [3.05, 3.63) is 72.7 Å². The molecule has 4 aromatic carbocycles. The van der Waals surface area contributed by atoms with E-state index in [1.54, 1.807) is 0 Å². The molecule has 20 nitrogen and oxygen atoms in total. The molecule has 0 aromatic heterocycles. The molecule has 0 radical (unpaired) electrons. The summed E-state index contributed by atoms with van der Waals surface area (Å²) in [5.41, 5.74) is 3.89. The number of rotatable bonds is 13. The summed E-state index contributed by atoms with van der Waals surface area (Å²) < 4.78 is 152. The molecule has 0 atom stereocenters. The second kappa shape index (κ2) is 14.1. The highest BCUT2D eigenvalue weighted by atomic mass is 32.3. The first-order chi connectivity index (χ1) is 23.4. The van der Waals surface area contributed by atoms with Gasteiger partial charge in [-0.15, -0.1) is 15.3 Å². The summed E-state index contributed by atoms with van der Waals surface area (Å²) in [7, 11) is -23.8. The van der Waals surface area contributed by atoms with Gasteiger partial charge in [-0.2, -0.15) is 30.4 Å². The monoisotopic (exact) mass is 805 g/mol. The van der Waals surface area contributed by atoms with Gasteiger partial charge in [0.2, 0.25) is 0 Å². The zero-order valence-electron chi connectivity index (χ0n) is 25.2. The molecule has 51 heavy (non-hydrogen) atoms. The van der Waals surface area contributed by atoms with Gasteiger partial charge in [0.1, 0.15) is 21.2 Å². The number of nitrogen functional groups attached to an aromatic ring is 1. The number of anilines is 1. The zero-order chi connectivity index (χ0) is 38.2. The summed E-state index contributed by atoms with van der Waals surface area (Å²) in [6.07, 6.45) is 0. The van der Waals surface area contributed by atoms with Gasteiger partial charge in [-0.3, -0.25) is 13.7 Å². The van der Waals surface area contributed by atoms with Crippen LogP contribution in [0.2, 0.25) is 0 Å². The molecule has 0 heterocycles. The lowest BCUT2D eigenvalue weighted by Crippen LogP contribution is -2.16. The predicted molar refractivity (Wildman–Crippen MR) is 178 cm³/mol. The highest BCUT2D eigenvalue weighted by Crippen LogP contribution is 2.45. The van der Waals surface area contributed by atoms with Crippen LogP contribution in [0.3, 0.4) is 0 Å². The van der Waals surface area contributed by atoms with Crippen LogP contribution in [0.4, 0.5) is 28.4 Å². The Morgan fingerprint density at radius 3 is 1.96 bits per heavy atom. The highest BCUT2D eigenvalue weighted by Gasteiger charge is 2.25. The van der Waals surface area contributed by atoms with E-state index in [1.807, 2.05) is 0 Å². The number of phenols is 1. The van der Waals surface area contributed by atoms with E-state index in [4.69, 9.17) is 10.3 Å². The minimum Gasteiger partial charge on any atom is -0.505 e. The first-order valence-corrected chi connectivity index (χ1v) is 20.7. The maximum Gasteiger partial charge on any atom is 0.397 e. The van der Waals surface area contributed by atoms with E-state index >= 15 is 0 Å². The van der Waals surface area contributed by atoms with Crippen LogP contribution < -0.4 is 5.73 Å². The van der Waals surface area contributed by atoms with Crippen LogP contribution in [0.5, 0.6) is 5.75 Å². The summed E-state index contributed by atoms with van der Waals surface area (Å²) >= 11 is 0. The first-order valence-electron chi connectivity index (χ1n) is 13.3. The topological polar surface area (TPSA) is 336 Å². The molecular formula is C26H23N5O15S5. The summed E-state index contributed by atoms with van der Waals surface area (Å²) in [4.78, 5) is -3.07. The Morgan fingerprint density at radius 1 is 0.706 bits per heavy atom. The number of benzene rings is 4. The lowest BCUT2D eigenvalue weighted by atomic mass is 10.1. The van der Waals surface area contributed by atoms with E-state index in [0.717, 1.165) is 36.4 Å². The van der Waals surface area contributed by atoms with Crippen molar-refractivity contribution in [3.63, 3.8) is 0 Å². The summed E-state index contributed by atoms with van der Waals surface area (Å²) in [6, 6.07) is 10.0. The van der Waals surface area contributed by atoms with Gasteiger partial charge in [0, 0.05) is 21.9 Å². The molecule has 6 N–H and O–H groups in total. The fourth-order valence-corrected chi connectivity index (χ4v) is 7.83. The average molecular weight is 806 g/mol. The number of fused-ring (bicyclic) bond motifs is 1. The van der Waals surface area contributed by atoms with Gasteiger partial charge in [-0.1, -0.05) is 12.6 Å². The molecule has 0 unspecified atom stereocenters. The van der Waals surface area contributed by atoms with Crippen LogP contribution in [0.1, 0.15) is 0 Å². The molecule has 0 fully saturated rings. The van der Waals surface area contributed by atoms with Crippen LogP contribution in [-0.2, 0) is 54.5 Å². The minimum absolute atomic E-state index is 0.110. The molecule has 0 aliphatic heterocycles. The highest BCUT2D eigenvalue weighted by molar-refractivity contribution is 7.94. The molecule has 25 heteroatoms. The van der Waals surface area contributed by atoms with Gasteiger partial charge >= 0.3 is 10.4 Å². The van der Waals surface area contributed by atoms with E-state index < -0.39 is 94.5 Å². The number of sulfone groups is 2. The van der Waals surface area contributed by atoms with Gasteiger partial charge in [0.15, 0.2) is 25.4 Å². The molecule has 4 rings (SSSR count). The molecule has 0 saturated heterocycles. The lowest BCUT2D eigenvalue weighted by molar-refractivity contribution is 0.284. The van der Waals surface area contributed by atoms with Crippen LogP contribution >= 0.6 is 0 Å². The van der Waals surface area contributed by atoms with Gasteiger partial charge in [-0.25, -0.2) is 21.0 Å². The number of azo groups is 2. The van der Waals surface area contributed by atoms with Crippen LogP contribution in [-0.4, -0.2) is 73.2 Å². The largest absolute Gasteiger partial charge is 0.505 e. The normalized spacial score (nSPS) is 13.3. The Balaban J connectivity index is 1.84. The average Bonchev–Trinajstić information content (AvgIpc) is 3.01. The Morgan fingerprint density at radius 2 is 1.35 bits per heavy atom. The Bertz CT molecular complexity index is 2710. The van der Waals surface area contributed by atoms with E-state index in [0.29, 0.717) is 11.5 Å². The summed E-state index contributed by atoms with van der Waals surface area (Å²) in [5, 5.41) is 26.3. The molecule has 0 aliphatic carbocycles. The number of hydrogen-bond acceptors (Lipinski definition) is 17. The maximum atomic E-state index is 12.6. The minimum atomic E-state index is -5.22. The number of phenolic OH excluding ortho intramolecular Hbond substituents is 1. The fraction of sp³-hybridized carbons (Fsp3) is 0.0769. The third-order valence-corrected chi connectivity index (χ3v) is 11.7. The molecule has 0 bridgehead atoms. The lowest BCUT2D eigenvalue weighted by Gasteiger charge is -2.11. The molecule has 0 saturated carbocycles. The van der Waals surface area contributed by atoms with Crippen molar-refractivity contribution < 1.29 is 65.0 Å². The quantitative estimate of drug-likeness (QED) is 0.0725. The third-order valence-electron chi connectivity index (χ3n) is 6.50. The van der Waals surface area contributed by atoms with Crippen LogP contribution in [0.15, 0.2) is 113 Å². The SMILES string of the molecule is C=CS(=O)(=O)c1cccc(N=Nc2c(S(=O)(=O)O)cc3c(N=Nc4ccc(S(=O)(=O)CCOS(=O)(=O)O)cc4S(=O)(=O)O)cc(N)cc3c2O)c1. The third kappa shape index (κ3) is 9.34. The predicted octanol–water partition coefficient (Wildman–Crippen LogP) is 3.96. The first kappa shape index (κ1) is 39.1. The van der Waals surface area contributed by atoms with Crippen LogP contribution in [0, 0.1) is 0 Å². The Labute approximate surface area is 289 Å². The van der Waals surface area contributed by atoms with Crippen molar-refractivity contribution in [2.75, 3.05) is 18.1 Å².